The Hall–Kier alpha value is -0.350. The van der Waals surface area contributed by atoms with E-state index in [-0.39, 0.29) is 20.7 Å². The first-order chi connectivity index (χ1) is 7.68. The summed E-state index contributed by atoms with van der Waals surface area (Å²) in [6, 6.07) is 8.81. The first-order valence-electron chi connectivity index (χ1n) is 5.36. The van der Waals surface area contributed by atoms with Gasteiger partial charge in [-0.25, -0.2) is 0 Å². The molecule has 0 aromatic heterocycles. The highest BCUT2D eigenvalue weighted by atomic mass is 127. The standard InChI is InChI=1S/C14H13IS/c1-8-11-6-4-5-7-12(11)9(2)14-13(8)15-10(3)16-14/h4-7H,1-3H3. The fraction of sp³-hybridized carbons (Fsp3) is 0.214. The SMILES string of the molecule is CC1=Ic2c(c(C)c3ccccc3c2C)S1. The Bertz CT molecular complexity index is 626. The molecule has 0 nitrogen and oxygen atoms in total. The summed E-state index contributed by atoms with van der Waals surface area (Å²) in [5, 5.41) is 2.89. The Kier molecular flexibility index (Phi) is 2.59. The molecule has 1 aliphatic heterocycles. The monoisotopic (exact) mass is 340 g/mol. The average molecular weight is 340 g/mol. The first-order valence-corrected chi connectivity index (χ1v) is 8.34. The molecule has 0 amide bonds. The summed E-state index contributed by atoms with van der Waals surface area (Å²) in [5.74, 6) is 0. The molecule has 0 saturated heterocycles. The highest BCUT2D eigenvalue weighted by Gasteiger charge is 2.19. The molecular weight excluding hydrogens is 327 g/mol. The van der Waals surface area contributed by atoms with E-state index in [2.05, 4.69) is 45.0 Å². The molecule has 16 heavy (non-hydrogen) atoms. The van der Waals surface area contributed by atoms with Gasteiger partial charge < -0.3 is 0 Å². The van der Waals surface area contributed by atoms with Gasteiger partial charge in [-0.05, 0) is 42.7 Å². The van der Waals surface area contributed by atoms with Crippen molar-refractivity contribution in [3.63, 3.8) is 0 Å². The van der Waals surface area contributed by atoms with Gasteiger partial charge in [0.15, 0.2) is 0 Å². The minimum absolute atomic E-state index is 0.126. The lowest BCUT2D eigenvalue weighted by Crippen LogP contribution is -1.91. The van der Waals surface area contributed by atoms with Crippen molar-refractivity contribution in [2.24, 2.45) is 0 Å². The molecule has 0 spiro atoms. The van der Waals surface area contributed by atoms with E-state index in [9.17, 15) is 0 Å². The summed E-state index contributed by atoms with van der Waals surface area (Å²) in [4.78, 5) is 1.56. The van der Waals surface area contributed by atoms with Crippen LogP contribution >= 0.6 is 32.5 Å². The Morgan fingerprint density at radius 1 is 0.938 bits per heavy atom. The molecule has 0 aliphatic carbocycles. The smallest absolute Gasteiger partial charge is 0.0291 e. The van der Waals surface area contributed by atoms with Crippen LogP contribution in [0.3, 0.4) is 0 Å². The van der Waals surface area contributed by atoms with Gasteiger partial charge in [0.25, 0.3) is 0 Å². The molecule has 0 atom stereocenters. The van der Waals surface area contributed by atoms with Crippen LogP contribution in [0.5, 0.6) is 0 Å². The van der Waals surface area contributed by atoms with E-state index in [1.54, 1.807) is 11.3 Å². The zero-order valence-electron chi connectivity index (χ0n) is 9.60. The number of benzene rings is 2. The lowest BCUT2D eigenvalue weighted by molar-refractivity contribution is 1.27. The van der Waals surface area contributed by atoms with Crippen LogP contribution < -0.4 is 0 Å². The van der Waals surface area contributed by atoms with Crippen LogP contribution in [-0.2, 0) is 0 Å². The van der Waals surface area contributed by atoms with Gasteiger partial charge in [0.2, 0.25) is 0 Å². The molecule has 2 heteroatoms. The van der Waals surface area contributed by atoms with E-state index in [4.69, 9.17) is 0 Å². The Morgan fingerprint density at radius 3 is 2.25 bits per heavy atom. The van der Waals surface area contributed by atoms with E-state index in [1.165, 1.54) is 21.9 Å². The van der Waals surface area contributed by atoms with Gasteiger partial charge in [-0.1, -0.05) is 56.8 Å². The van der Waals surface area contributed by atoms with Gasteiger partial charge in [0.05, 0.1) is 0 Å². The first kappa shape index (κ1) is 10.8. The van der Waals surface area contributed by atoms with Crippen LogP contribution in [0.2, 0.25) is 0 Å². The van der Waals surface area contributed by atoms with E-state index in [0.29, 0.717) is 0 Å². The number of aryl methyl sites for hydroxylation is 2. The summed E-state index contributed by atoms with van der Waals surface area (Å²) in [6.07, 6.45) is 0. The van der Waals surface area contributed by atoms with Gasteiger partial charge in [0.1, 0.15) is 0 Å². The molecular formula is C14H13IS. The largest absolute Gasteiger partial charge is 0.0872 e. The minimum Gasteiger partial charge on any atom is -0.0872 e. The maximum atomic E-state index is 2.29. The zero-order chi connectivity index (χ0) is 11.3. The van der Waals surface area contributed by atoms with E-state index < -0.39 is 0 Å². The molecule has 1 aliphatic rings. The molecule has 2 aromatic carbocycles. The molecule has 3 rings (SSSR count). The Balaban J connectivity index is 2.49. The van der Waals surface area contributed by atoms with Gasteiger partial charge in [-0.15, -0.1) is 0 Å². The number of hydrogen-bond donors (Lipinski definition) is 0. The summed E-state index contributed by atoms with van der Waals surface area (Å²) in [7, 11) is 0. The van der Waals surface area contributed by atoms with Gasteiger partial charge >= 0.3 is 0 Å². The third-order valence-corrected chi connectivity index (χ3v) is 8.26. The van der Waals surface area contributed by atoms with Crippen molar-refractivity contribution >= 4 is 46.1 Å². The van der Waals surface area contributed by atoms with Crippen LogP contribution in [-0.4, -0.2) is 2.84 Å². The molecule has 2 aromatic rings. The second kappa shape index (κ2) is 3.84. The van der Waals surface area contributed by atoms with Gasteiger partial charge in [-0.3, -0.25) is 0 Å². The maximum Gasteiger partial charge on any atom is 0.0291 e. The van der Waals surface area contributed by atoms with E-state index >= 15 is 0 Å². The number of halogens is 1. The fourth-order valence-electron chi connectivity index (χ4n) is 2.24. The number of fused-ring (bicyclic) bond motifs is 2. The summed E-state index contributed by atoms with van der Waals surface area (Å²) < 4.78 is 3.30. The Morgan fingerprint density at radius 2 is 1.56 bits per heavy atom. The molecule has 0 N–H and O–H groups in total. The van der Waals surface area contributed by atoms with Gasteiger partial charge in [-0.2, -0.15) is 0 Å². The predicted molar refractivity (Wildman–Crippen MR) is 82.7 cm³/mol. The molecule has 0 unspecified atom stereocenters. The highest BCUT2D eigenvalue weighted by molar-refractivity contribution is 14.2. The van der Waals surface area contributed by atoms with Gasteiger partial charge in [0, 0.05) is 11.3 Å². The van der Waals surface area contributed by atoms with Crippen molar-refractivity contribution in [3.8, 4) is 0 Å². The molecule has 0 bridgehead atoms. The second-order valence-electron chi connectivity index (χ2n) is 4.11. The quantitative estimate of drug-likeness (QED) is 0.618. The Labute approximate surface area is 110 Å². The third kappa shape index (κ3) is 1.46. The van der Waals surface area contributed by atoms with Crippen LogP contribution in [0, 0.1) is 17.4 Å². The van der Waals surface area contributed by atoms with Crippen molar-refractivity contribution in [1.82, 2.24) is 0 Å². The summed E-state index contributed by atoms with van der Waals surface area (Å²) in [6.45, 7) is 6.86. The van der Waals surface area contributed by atoms with Crippen molar-refractivity contribution < 1.29 is 0 Å². The number of rotatable bonds is 0. The minimum atomic E-state index is 0.126. The maximum absolute atomic E-state index is 2.29. The second-order valence-corrected chi connectivity index (χ2v) is 9.30. The van der Waals surface area contributed by atoms with E-state index in [1.807, 2.05) is 11.8 Å². The molecule has 1 heterocycles. The molecule has 0 fully saturated rings. The summed E-state index contributed by atoms with van der Waals surface area (Å²) in [5.41, 5.74) is 3.01. The lowest BCUT2D eigenvalue weighted by atomic mass is 10.0. The van der Waals surface area contributed by atoms with Crippen molar-refractivity contribution in [2.75, 3.05) is 0 Å². The third-order valence-electron chi connectivity index (χ3n) is 3.07. The number of hydrogen-bond acceptors (Lipinski definition) is 1. The van der Waals surface area contributed by atoms with Crippen LogP contribution in [0.1, 0.15) is 18.1 Å². The lowest BCUT2D eigenvalue weighted by Gasteiger charge is -2.11. The summed E-state index contributed by atoms with van der Waals surface area (Å²) >= 11 is 2.14. The number of thioether (sulfide) groups is 1. The normalized spacial score (nSPS) is 14.6. The topological polar surface area (TPSA) is 0 Å². The fourth-order valence-corrected chi connectivity index (χ4v) is 7.27. The predicted octanol–water partition coefficient (Wildman–Crippen LogP) is 4.85. The highest BCUT2D eigenvalue weighted by Crippen LogP contribution is 2.45. The van der Waals surface area contributed by atoms with Crippen LogP contribution in [0.4, 0.5) is 0 Å². The molecule has 0 radical (unpaired) electrons. The van der Waals surface area contributed by atoms with Crippen LogP contribution in [0.25, 0.3) is 10.8 Å². The van der Waals surface area contributed by atoms with Crippen molar-refractivity contribution in [1.29, 1.82) is 0 Å². The zero-order valence-corrected chi connectivity index (χ0v) is 12.6. The molecule has 0 saturated carbocycles. The van der Waals surface area contributed by atoms with E-state index in [0.717, 1.165) is 0 Å². The van der Waals surface area contributed by atoms with Crippen molar-refractivity contribution in [2.45, 2.75) is 25.7 Å². The molecule has 82 valence electrons. The van der Waals surface area contributed by atoms with Crippen LogP contribution in [0.15, 0.2) is 29.2 Å². The van der Waals surface area contributed by atoms with Crippen molar-refractivity contribution in [3.05, 3.63) is 39.0 Å². The average Bonchev–Trinajstić information content (AvgIpc) is 2.68.